The van der Waals surface area contributed by atoms with E-state index in [1.165, 1.54) is 0 Å². The van der Waals surface area contributed by atoms with Gasteiger partial charge in [-0.05, 0) is 41.8 Å². The Kier molecular flexibility index (Phi) is 4.11. The molecule has 0 radical (unpaired) electrons. The molecule has 0 aliphatic carbocycles. The number of anilines is 1. The molecule has 0 bridgehead atoms. The van der Waals surface area contributed by atoms with Crippen molar-refractivity contribution in [2.75, 3.05) is 5.32 Å². The van der Waals surface area contributed by atoms with Gasteiger partial charge in [-0.1, -0.05) is 29.8 Å². The third-order valence-electron chi connectivity index (χ3n) is 3.61. The van der Waals surface area contributed by atoms with Crippen LogP contribution in [0.5, 0.6) is 0 Å². The maximum Gasteiger partial charge on any atom is 0.251 e. The van der Waals surface area contributed by atoms with Crippen LogP contribution in [0.4, 0.5) is 5.69 Å². The Balaban J connectivity index is 1.60. The molecule has 2 N–H and O–H groups in total. The summed E-state index contributed by atoms with van der Waals surface area (Å²) in [4.78, 5) is 23.6. The number of carbonyl (C=O) groups excluding carboxylic acids is 2. The fraction of sp³-hybridized carbons (Fsp3) is 0.176. The van der Waals surface area contributed by atoms with Gasteiger partial charge in [0.15, 0.2) is 0 Å². The van der Waals surface area contributed by atoms with Gasteiger partial charge in [0, 0.05) is 29.2 Å². The van der Waals surface area contributed by atoms with Crippen molar-refractivity contribution < 1.29 is 9.59 Å². The second-order valence-corrected chi connectivity index (χ2v) is 5.67. The Morgan fingerprint density at radius 2 is 2.09 bits per heavy atom. The van der Waals surface area contributed by atoms with E-state index in [0.717, 1.165) is 11.1 Å². The summed E-state index contributed by atoms with van der Waals surface area (Å²) in [7, 11) is 0. The quantitative estimate of drug-likeness (QED) is 0.910. The number of fused-ring (bicyclic) bond motifs is 1. The van der Waals surface area contributed by atoms with Gasteiger partial charge in [0.25, 0.3) is 5.91 Å². The number of hydrogen-bond acceptors (Lipinski definition) is 2. The molecule has 3 rings (SSSR count). The summed E-state index contributed by atoms with van der Waals surface area (Å²) in [6, 6.07) is 12.9. The number of aryl methyl sites for hydroxylation is 1. The fourth-order valence-corrected chi connectivity index (χ4v) is 2.68. The van der Waals surface area contributed by atoms with Crippen LogP contribution in [0.3, 0.4) is 0 Å². The number of nitrogens with one attached hydrogen (secondary N) is 2. The Morgan fingerprint density at radius 3 is 2.91 bits per heavy atom. The first-order chi connectivity index (χ1) is 10.6. The highest BCUT2D eigenvalue weighted by Crippen LogP contribution is 2.20. The number of hydrogen-bond donors (Lipinski definition) is 2. The van der Waals surface area contributed by atoms with Crippen LogP contribution in [0, 0.1) is 0 Å². The zero-order valence-electron chi connectivity index (χ0n) is 11.9. The van der Waals surface area contributed by atoms with Crippen molar-refractivity contribution in [3.8, 4) is 0 Å². The number of amides is 2. The molecule has 2 amide bonds. The van der Waals surface area contributed by atoms with Gasteiger partial charge in [0.2, 0.25) is 5.91 Å². The van der Waals surface area contributed by atoms with Crippen LogP contribution in [0.2, 0.25) is 5.02 Å². The zero-order valence-corrected chi connectivity index (χ0v) is 12.6. The molecule has 0 unspecified atom stereocenters. The van der Waals surface area contributed by atoms with E-state index in [2.05, 4.69) is 10.6 Å². The van der Waals surface area contributed by atoms with E-state index in [-0.39, 0.29) is 11.8 Å². The van der Waals surface area contributed by atoms with E-state index in [1.54, 1.807) is 12.1 Å². The van der Waals surface area contributed by atoms with E-state index in [4.69, 9.17) is 11.6 Å². The predicted molar refractivity (Wildman–Crippen MR) is 86.0 cm³/mol. The third kappa shape index (κ3) is 3.28. The lowest BCUT2D eigenvalue weighted by Crippen LogP contribution is -2.14. The molecule has 22 heavy (non-hydrogen) atoms. The lowest BCUT2D eigenvalue weighted by atomic mass is 10.1. The summed E-state index contributed by atoms with van der Waals surface area (Å²) in [5.41, 5.74) is 3.26. The monoisotopic (exact) mass is 314 g/mol. The van der Waals surface area contributed by atoms with Gasteiger partial charge in [-0.15, -0.1) is 0 Å². The molecular formula is C17H15ClN2O2. The summed E-state index contributed by atoms with van der Waals surface area (Å²) >= 11 is 5.92. The largest absolute Gasteiger partial charge is 0.348 e. The molecule has 1 aliphatic rings. The third-order valence-corrected chi connectivity index (χ3v) is 3.84. The second-order valence-electron chi connectivity index (χ2n) is 5.23. The van der Waals surface area contributed by atoms with E-state index < -0.39 is 0 Å². The maximum atomic E-state index is 12.0. The van der Waals surface area contributed by atoms with Crippen LogP contribution in [-0.4, -0.2) is 11.8 Å². The summed E-state index contributed by atoms with van der Waals surface area (Å²) in [5, 5.41) is 6.25. The van der Waals surface area contributed by atoms with Crippen LogP contribution in [0.25, 0.3) is 0 Å². The molecule has 1 aliphatic heterocycles. The Bertz CT molecular complexity index is 743. The highest BCUT2D eigenvalue weighted by atomic mass is 35.5. The average Bonchev–Trinajstić information content (AvgIpc) is 2.87. The Hall–Kier alpha value is -2.33. The summed E-state index contributed by atoms with van der Waals surface area (Å²) in [6.45, 7) is 0.553. The van der Waals surface area contributed by atoms with Crippen molar-refractivity contribution in [2.45, 2.75) is 19.4 Å². The van der Waals surface area contributed by atoms with Gasteiger partial charge in [-0.3, -0.25) is 9.59 Å². The smallest absolute Gasteiger partial charge is 0.251 e. The fourth-order valence-electron chi connectivity index (χ4n) is 2.46. The molecule has 2 aromatic rings. The topological polar surface area (TPSA) is 58.2 Å². The second kappa shape index (κ2) is 6.20. The van der Waals surface area contributed by atoms with E-state index in [1.807, 2.05) is 30.3 Å². The zero-order chi connectivity index (χ0) is 15.5. The summed E-state index contributed by atoms with van der Waals surface area (Å²) in [5.74, 6) is -0.177. The van der Waals surface area contributed by atoms with Crippen molar-refractivity contribution in [1.29, 1.82) is 0 Å². The molecule has 0 aromatic heterocycles. The van der Waals surface area contributed by atoms with E-state index >= 15 is 0 Å². The van der Waals surface area contributed by atoms with Gasteiger partial charge < -0.3 is 10.6 Å². The standard InChI is InChI=1S/C17H15ClN2O2/c18-13-3-1-2-11(8-13)4-7-16(21)20-14-6-5-12-10-19-17(22)15(12)9-14/h1-3,5-6,8-9H,4,7,10H2,(H,19,22)(H,20,21). The first-order valence-electron chi connectivity index (χ1n) is 7.07. The van der Waals surface area contributed by atoms with Gasteiger partial charge >= 0.3 is 0 Å². The molecular weight excluding hydrogens is 300 g/mol. The summed E-state index contributed by atoms with van der Waals surface area (Å²) < 4.78 is 0. The average molecular weight is 315 g/mol. The van der Waals surface area contributed by atoms with Gasteiger partial charge in [0.05, 0.1) is 0 Å². The van der Waals surface area contributed by atoms with Crippen LogP contribution < -0.4 is 10.6 Å². The van der Waals surface area contributed by atoms with Crippen LogP contribution >= 0.6 is 11.6 Å². The molecule has 0 saturated carbocycles. The molecule has 0 atom stereocenters. The van der Waals surface area contributed by atoms with Crippen molar-refractivity contribution in [1.82, 2.24) is 5.32 Å². The molecule has 1 heterocycles. The molecule has 2 aromatic carbocycles. The van der Waals surface area contributed by atoms with Crippen LogP contribution in [0.15, 0.2) is 42.5 Å². The minimum atomic E-state index is -0.0926. The molecule has 0 saturated heterocycles. The maximum absolute atomic E-state index is 12.0. The first kappa shape index (κ1) is 14.6. The van der Waals surface area contributed by atoms with Gasteiger partial charge in [-0.2, -0.15) is 0 Å². The lowest BCUT2D eigenvalue weighted by Gasteiger charge is -2.07. The normalized spacial score (nSPS) is 12.7. The van der Waals surface area contributed by atoms with Crippen molar-refractivity contribution in [3.05, 3.63) is 64.2 Å². The first-order valence-corrected chi connectivity index (χ1v) is 7.45. The van der Waals surface area contributed by atoms with E-state index in [0.29, 0.717) is 35.7 Å². The van der Waals surface area contributed by atoms with Crippen LogP contribution in [0.1, 0.15) is 27.9 Å². The molecule has 4 nitrogen and oxygen atoms in total. The number of rotatable bonds is 4. The minimum Gasteiger partial charge on any atom is -0.348 e. The van der Waals surface area contributed by atoms with Crippen molar-refractivity contribution >= 4 is 29.1 Å². The number of carbonyl (C=O) groups is 2. The van der Waals surface area contributed by atoms with E-state index in [9.17, 15) is 9.59 Å². The van der Waals surface area contributed by atoms with Crippen molar-refractivity contribution in [3.63, 3.8) is 0 Å². The highest BCUT2D eigenvalue weighted by molar-refractivity contribution is 6.30. The van der Waals surface area contributed by atoms with Gasteiger partial charge in [0.1, 0.15) is 0 Å². The Morgan fingerprint density at radius 1 is 1.23 bits per heavy atom. The summed E-state index contributed by atoms with van der Waals surface area (Å²) in [6.07, 6.45) is 0.988. The molecule has 0 spiro atoms. The molecule has 112 valence electrons. The molecule has 5 heteroatoms. The number of benzene rings is 2. The predicted octanol–water partition coefficient (Wildman–Crippen LogP) is 3.15. The highest BCUT2D eigenvalue weighted by Gasteiger charge is 2.18. The van der Waals surface area contributed by atoms with Crippen LogP contribution in [-0.2, 0) is 17.8 Å². The lowest BCUT2D eigenvalue weighted by molar-refractivity contribution is -0.116. The molecule has 0 fully saturated rings. The number of halogens is 1. The van der Waals surface area contributed by atoms with Gasteiger partial charge in [-0.25, -0.2) is 0 Å². The van der Waals surface area contributed by atoms with Crippen molar-refractivity contribution in [2.24, 2.45) is 0 Å². The Labute approximate surface area is 133 Å². The minimum absolute atomic E-state index is 0.0849. The SMILES string of the molecule is O=C(CCc1cccc(Cl)c1)Nc1ccc2c(c1)C(=O)NC2.